The van der Waals surface area contributed by atoms with Crippen LogP contribution in [0.1, 0.15) is 23.6 Å². The van der Waals surface area contributed by atoms with Crippen LogP contribution in [0.5, 0.6) is 0 Å². The van der Waals surface area contributed by atoms with Crippen LogP contribution in [0.3, 0.4) is 0 Å². The zero-order chi connectivity index (χ0) is 9.84. The Bertz CT molecular complexity index is 287. The third-order valence-corrected chi connectivity index (χ3v) is 2.75. The molecule has 0 bridgehead atoms. The predicted molar refractivity (Wildman–Crippen MR) is 60.6 cm³/mol. The number of aryl methyl sites for hydroxylation is 1. The Hall–Kier alpha value is -0.600. The molecular formula is C11H14BrN. The SMILES string of the molecule is C=CCC(N)c1c(C)cccc1Br. The molecule has 0 aromatic heterocycles. The highest BCUT2D eigenvalue weighted by Gasteiger charge is 2.10. The molecule has 0 aliphatic heterocycles. The molecule has 0 aliphatic rings. The van der Waals surface area contributed by atoms with Crippen molar-refractivity contribution < 1.29 is 0 Å². The van der Waals surface area contributed by atoms with Crippen molar-refractivity contribution in [2.45, 2.75) is 19.4 Å². The Balaban J connectivity index is 3.04. The lowest BCUT2D eigenvalue weighted by atomic mass is 10.00. The van der Waals surface area contributed by atoms with E-state index in [1.807, 2.05) is 18.2 Å². The number of hydrogen-bond donors (Lipinski definition) is 1. The van der Waals surface area contributed by atoms with Crippen LogP contribution >= 0.6 is 15.9 Å². The van der Waals surface area contributed by atoms with Crippen molar-refractivity contribution in [1.29, 1.82) is 0 Å². The van der Waals surface area contributed by atoms with Crippen LogP contribution in [0.25, 0.3) is 0 Å². The van der Waals surface area contributed by atoms with E-state index in [1.165, 1.54) is 11.1 Å². The van der Waals surface area contributed by atoms with Gasteiger partial charge in [0.15, 0.2) is 0 Å². The second-order valence-corrected chi connectivity index (χ2v) is 3.96. The van der Waals surface area contributed by atoms with E-state index >= 15 is 0 Å². The van der Waals surface area contributed by atoms with Gasteiger partial charge < -0.3 is 5.73 Å². The van der Waals surface area contributed by atoms with E-state index in [-0.39, 0.29) is 6.04 Å². The largest absolute Gasteiger partial charge is 0.324 e. The van der Waals surface area contributed by atoms with Gasteiger partial charge in [-0.1, -0.05) is 34.1 Å². The molecule has 1 aromatic carbocycles. The van der Waals surface area contributed by atoms with E-state index in [0.717, 1.165) is 10.9 Å². The van der Waals surface area contributed by atoms with Gasteiger partial charge in [0.1, 0.15) is 0 Å². The lowest BCUT2D eigenvalue weighted by molar-refractivity contribution is 0.732. The molecule has 1 unspecified atom stereocenters. The van der Waals surface area contributed by atoms with Crippen molar-refractivity contribution in [2.24, 2.45) is 5.73 Å². The van der Waals surface area contributed by atoms with Crippen LogP contribution < -0.4 is 5.73 Å². The van der Waals surface area contributed by atoms with Crippen LogP contribution in [0.2, 0.25) is 0 Å². The Kier molecular flexibility index (Phi) is 3.70. The van der Waals surface area contributed by atoms with Crippen molar-refractivity contribution in [3.63, 3.8) is 0 Å². The highest BCUT2D eigenvalue weighted by atomic mass is 79.9. The van der Waals surface area contributed by atoms with Gasteiger partial charge in [-0.25, -0.2) is 0 Å². The molecule has 0 heterocycles. The molecule has 0 saturated heterocycles. The van der Waals surface area contributed by atoms with Crippen molar-refractivity contribution >= 4 is 15.9 Å². The minimum atomic E-state index is 0.0491. The molecule has 2 heteroatoms. The summed E-state index contributed by atoms with van der Waals surface area (Å²) in [4.78, 5) is 0. The van der Waals surface area contributed by atoms with Crippen LogP contribution in [-0.2, 0) is 0 Å². The number of rotatable bonds is 3. The fourth-order valence-electron chi connectivity index (χ4n) is 1.41. The zero-order valence-electron chi connectivity index (χ0n) is 7.76. The third-order valence-electron chi connectivity index (χ3n) is 2.06. The Morgan fingerprint density at radius 1 is 1.62 bits per heavy atom. The van der Waals surface area contributed by atoms with Crippen molar-refractivity contribution in [3.8, 4) is 0 Å². The molecule has 1 rings (SSSR count). The maximum atomic E-state index is 6.01. The Labute approximate surface area is 87.8 Å². The van der Waals surface area contributed by atoms with E-state index in [0.29, 0.717) is 0 Å². The van der Waals surface area contributed by atoms with E-state index in [1.54, 1.807) is 0 Å². The number of nitrogens with two attached hydrogens (primary N) is 1. The average Bonchev–Trinajstić information content (AvgIpc) is 2.04. The molecule has 0 aliphatic carbocycles. The molecule has 1 aromatic rings. The molecule has 0 spiro atoms. The lowest BCUT2D eigenvalue weighted by Crippen LogP contribution is -2.11. The average molecular weight is 240 g/mol. The van der Waals surface area contributed by atoms with E-state index in [2.05, 4.69) is 35.5 Å². The summed E-state index contributed by atoms with van der Waals surface area (Å²) >= 11 is 3.50. The first kappa shape index (κ1) is 10.5. The van der Waals surface area contributed by atoms with E-state index in [9.17, 15) is 0 Å². The van der Waals surface area contributed by atoms with Gasteiger partial charge in [0.2, 0.25) is 0 Å². The number of halogens is 1. The molecule has 1 nitrogen and oxygen atoms in total. The molecule has 0 fully saturated rings. The van der Waals surface area contributed by atoms with Gasteiger partial charge in [0, 0.05) is 10.5 Å². The normalized spacial score (nSPS) is 12.5. The summed E-state index contributed by atoms with van der Waals surface area (Å²) in [6, 6.07) is 6.16. The quantitative estimate of drug-likeness (QED) is 0.805. The summed E-state index contributed by atoms with van der Waals surface area (Å²) in [6.45, 7) is 5.76. The van der Waals surface area contributed by atoms with Crippen LogP contribution in [0.4, 0.5) is 0 Å². The monoisotopic (exact) mass is 239 g/mol. The first-order valence-corrected chi connectivity index (χ1v) is 5.07. The summed E-state index contributed by atoms with van der Waals surface area (Å²) in [7, 11) is 0. The second-order valence-electron chi connectivity index (χ2n) is 3.10. The minimum Gasteiger partial charge on any atom is -0.324 e. The molecule has 0 amide bonds. The molecule has 1 atom stereocenters. The number of hydrogen-bond acceptors (Lipinski definition) is 1. The molecule has 70 valence electrons. The summed E-state index contributed by atoms with van der Waals surface area (Å²) in [5.41, 5.74) is 8.41. The topological polar surface area (TPSA) is 26.0 Å². The first-order chi connectivity index (χ1) is 6.16. The molecule has 13 heavy (non-hydrogen) atoms. The highest BCUT2D eigenvalue weighted by Crippen LogP contribution is 2.27. The predicted octanol–water partition coefficient (Wildman–Crippen LogP) is 3.33. The van der Waals surface area contributed by atoms with Gasteiger partial charge in [-0.15, -0.1) is 6.58 Å². The molecule has 0 saturated carbocycles. The van der Waals surface area contributed by atoms with Crippen LogP contribution in [0.15, 0.2) is 35.3 Å². The standard InChI is InChI=1S/C11H14BrN/c1-3-5-10(13)11-8(2)6-4-7-9(11)12/h3-4,6-7,10H,1,5,13H2,2H3. The van der Waals surface area contributed by atoms with E-state index in [4.69, 9.17) is 5.73 Å². The summed E-state index contributed by atoms with van der Waals surface area (Å²) in [6.07, 6.45) is 2.66. The fraction of sp³-hybridized carbons (Fsp3) is 0.273. The zero-order valence-corrected chi connectivity index (χ0v) is 9.34. The summed E-state index contributed by atoms with van der Waals surface area (Å²) in [5.74, 6) is 0. The summed E-state index contributed by atoms with van der Waals surface area (Å²) in [5, 5.41) is 0. The Morgan fingerprint density at radius 3 is 2.85 bits per heavy atom. The Morgan fingerprint density at radius 2 is 2.31 bits per heavy atom. The smallest absolute Gasteiger partial charge is 0.0343 e. The van der Waals surface area contributed by atoms with E-state index < -0.39 is 0 Å². The lowest BCUT2D eigenvalue weighted by Gasteiger charge is -2.14. The van der Waals surface area contributed by atoms with Crippen molar-refractivity contribution in [1.82, 2.24) is 0 Å². The van der Waals surface area contributed by atoms with Gasteiger partial charge in [0.25, 0.3) is 0 Å². The van der Waals surface area contributed by atoms with Crippen molar-refractivity contribution in [3.05, 3.63) is 46.5 Å². The van der Waals surface area contributed by atoms with Gasteiger partial charge in [-0.05, 0) is 30.5 Å². The molecular weight excluding hydrogens is 226 g/mol. The molecule has 2 N–H and O–H groups in total. The van der Waals surface area contributed by atoms with Gasteiger partial charge in [-0.3, -0.25) is 0 Å². The minimum absolute atomic E-state index is 0.0491. The first-order valence-electron chi connectivity index (χ1n) is 4.28. The highest BCUT2D eigenvalue weighted by molar-refractivity contribution is 9.10. The maximum Gasteiger partial charge on any atom is 0.0343 e. The van der Waals surface area contributed by atoms with Gasteiger partial charge in [0.05, 0.1) is 0 Å². The van der Waals surface area contributed by atoms with Crippen molar-refractivity contribution in [2.75, 3.05) is 0 Å². The second kappa shape index (κ2) is 4.58. The number of benzene rings is 1. The fourth-order valence-corrected chi connectivity index (χ4v) is 2.17. The van der Waals surface area contributed by atoms with Gasteiger partial charge in [-0.2, -0.15) is 0 Å². The molecule has 0 radical (unpaired) electrons. The van der Waals surface area contributed by atoms with Gasteiger partial charge >= 0.3 is 0 Å². The van der Waals surface area contributed by atoms with Crippen LogP contribution in [-0.4, -0.2) is 0 Å². The summed E-state index contributed by atoms with van der Waals surface area (Å²) < 4.78 is 1.09. The van der Waals surface area contributed by atoms with Crippen LogP contribution in [0, 0.1) is 6.92 Å². The maximum absolute atomic E-state index is 6.01. The third kappa shape index (κ3) is 2.42.